The first-order valence-electron chi connectivity index (χ1n) is 7.95. The number of para-hydroxylation sites is 1. The van der Waals surface area contributed by atoms with Crippen LogP contribution in [0.3, 0.4) is 0 Å². The molecule has 1 aliphatic heterocycles. The summed E-state index contributed by atoms with van der Waals surface area (Å²) < 4.78 is 5.66. The van der Waals surface area contributed by atoms with Crippen LogP contribution in [0.25, 0.3) is 0 Å². The summed E-state index contributed by atoms with van der Waals surface area (Å²) in [5.41, 5.74) is 0.292. The molecule has 128 valence electrons. The second-order valence-electron chi connectivity index (χ2n) is 6.41. The molecule has 2 aliphatic rings. The van der Waals surface area contributed by atoms with Crippen molar-refractivity contribution < 1.29 is 9.53 Å². The van der Waals surface area contributed by atoms with E-state index in [0.717, 1.165) is 32.4 Å². The van der Waals surface area contributed by atoms with E-state index in [4.69, 9.17) is 16.3 Å². The summed E-state index contributed by atoms with van der Waals surface area (Å²) in [7, 11) is 1.87. The topological polar surface area (TPSA) is 41.6 Å². The van der Waals surface area contributed by atoms with Gasteiger partial charge in [-0.05, 0) is 49.9 Å². The Labute approximate surface area is 148 Å². The van der Waals surface area contributed by atoms with E-state index in [-0.39, 0.29) is 24.2 Å². The number of halogens is 2. The Morgan fingerprint density at radius 1 is 1.39 bits per heavy atom. The number of rotatable bonds is 5. The quantitative estimate of drug-likeness (QED) is 0.879. The Balaban J connectivity index is 0.00000192. The van der Waals surface area contributed by atoms with E-state index < -0.39 is 0 Å². The van der Waals surface area contributed by atoms with Gasteiger partial charge >= 0.3 is 0 Å². The van der Waals surface area contributed by atoms with Crippen LogP contribution in [0.2, 0.25) is 5.02 Å². The molecular formula is C17H24Cl2N2O2. The number of ether oxygens (including phenoxy) is 1. The minimum Gasteiger partial charge on any atom is -0.490 e. The van der Waals surface area contributed by atoms with Crippen molar-refractivity contribution in [2.45, 2.75) is 19.3 Å². The average molecular weight is 359 g/mol. The normalized spacial score (nSPS) is 21.4. The molecule has 1 aromatic carbocycles. The number of amides is 1. The van der Waals surface area contributed by atoms with Crippen LogP contribution in [-0.4, -0.2) is 44.1 Å². The molecular weight excluding hydrogens is 335 g/mol. The first kappa shape index (κ1) is 18.4. The van der Waals surface area contributed by atoms with Gasteiger partial charge in [-0.15, -0.1) is 12.4 Å². The maximum atomic E-state index is 12.5. The number of hydrogen-bond donors (Lipinski definition) is 1. The summed E-state index contributed by atoms with van der Waals surface area (Å²) in [6.45, 7) is 3.15. The van der Waals surface area contributed by atoms with Crippen molar-refractivity contribution in [1.29, 1.82) is 0 Å². The Hall–Kier alpha value is -0.970. The van der Waals surface area contributed by atoms with Crippen molar-refractivity contribution >= 4 is 29.9 Å². The molecule has 1 N–H and O–H groups in total. The Morgan fingerprint density at radius 2 is 2.09 bits per heavy atom. The van der Waals surface area contributed by atoms with Crippen LogP contribution in [0.4, 0.5) is 0 Å². The van der Waals surface area contributed by atoms with E-state index in [1.54, 1.807) is 11.0 Å². The molecule has 1 atom stereocenters. The van der Waals surface area contributed by atoms with Crippen molar-refractivity contribution in [2.24, 2.45) is 11.3 Å². The molecule has 2 fully saturated rings. The molecule has 0 radical (unpaired) electrons. The van der Waals surface area contributed by atoms with E-state index in [2.05, 4.69) is 5.32 Å². The Kier molecular flexibility index (Phi) is 6.18. The average Bonchev–Trinajstić information content (AvgIpc) is 3.22. The summed E-state index contributed by atoms with van der Waals surface area (Å²) in [5, 5.41) is 3.97. The lowest BCUT2D eigenvalue weighted by atomic mass is 9.91. The van der Waals surface area contributed by atoms with Gasteiger partial charge in [-0.1, -0.05) is 23.7 Å². The summed E-state index contributed by atoms with van der Waals surface area (Å²) in [4.78, 5) is 14.3. The highest BCUT2D eigenvalue weighted by Crippen LogP contribution is 2.59. The molecule has 1 heterocycles. The highest BCUT2D eigenvalue weighted by atomic mass is 35.5. The zero-order valence-corrected chi connectivity index (χ0v) is 15.0. The largest absolute Gasteiger partial charge is 0.490 e. The van der Waals surface area contributed by atoms with Crippen LogP contribution < -0.4 is 10.1 Å². The third kappa shape index (κ3) is 4.11. The fourth-order valence-electron chi connectivity index (χ4n) is 3.40. The van der Waals surface area contributed by atoms with E-state index in [1.807, 2.05) is 25.2 Å². The molecule has 3 rings (SSSR count). The Bertz CT molecular complexity index is 547. The number of piperidine rings is 1. The van der Waals surface area contributed by atoms with Crippen molar-refractivity contribution in [2.75, 3.05) is 33.3 Å². The summed E-state index contributed by atoms with van der Waals surface area (Å²) in [6.07, 6.45) is 3.32. The first-order valence-corrected chi connectivity index (χ1v) is 8.33. The number of carbonyl (C=O) groups is 1. The van der Waals surface area contributed by atoms with E-state index in [0.29, 0.717) is 29.3 Å². The minimum absolute atomic E-state index is 0. The second-order valence-corrected chi connectivity index (χ2v) is 6.81. The van der Waals surface area contributed by atoms with Gasteiger partial charge in [0.05, 0.1) is 11.6 Å². The van der Waals surface area contributed by atoms with Gasteiger partial charge in [0.25, 0.3) is 0 Å². The monoisotopic (exact) mass is 358 g/mol. The number of hydrogen-bond acceptors (Lipinski definition) is 3. The molecule has 23 heavy (non-hydrogen) atoms. The zero-order chi connectivity index (χ0) is 15.6. The fraction of sp³-hybridized carbons (Fsp3) is 0.588. The molecule has 1 aliphatic carbocycles. The molecule has 1 aromatic rings. The molecule has 6 heteroatoms. The third-order valence-corrected chi connectivity index (χ3v) is 5.30. The highest BCUT2D eigenvalue weighted by molar-refractivity contribution is 6.32. The number of carbonyl (C=O) groups excluding carboxylic acids is 1. The van der Waals surface area contributed by atoms with Crippen LogP contribution >= 0.6 is 24.0 Å². The molecule has 0 bridgehead atoms. The molecule has 1 saturated heterocycles. The van der Waals surface area contributed by atoms with Gasteiger partial charge in [-0.2, -0.15) is 0 Å². The van der Waals surface area contributed by atoms with E-state index in [9.17, 15) is 4.79 Å². The zero-order valence-electron chi connectivity index (χ0n) is 13.4. The van der Waals surface area contributed by atoms with Gasteiger partial charge < -0.3 is 15.0 Å². The predicted molar refractivity (Wildman–Crippen MR) is 94.5 cm³/mol. The van der Waals surface area contributed by atoms with Gasteiger partial charge in [0, 0.05) is 13.0 Å². The van der Waals surface area contributed by atoms with Crippen molar-refractivity contribution in [3.8, 4) is 5.75 Å². The fourth-order valence-corrected chi connectivity index (χ4v) is 3.59. The minimum atomic E-state index is 0. The maximum Gasteiger partial charge on any atom is 0.226 e. The van der Waals surface area contributed by atoms with Gasteiger partial charge in [-0.25, -0.2) is 0 Å². The second kappa shape index (κ2) is 7.73. The molecule has 0 aromatic heterocycles. The lowest BCUT2D eigenvalue weighted by Gasteiger charge is -2.25. The van der Waals surface area contributed by atoms with Gasteiger partial charge in [0.2, 0.25) is 5.91 Å². The summed E-state index contributed by atoms with van der Waals surface area (Å²) >= 11 is 6.05. The lowest BCUT2D eigenvalue weighted by Crippen LogP contribution is -2.36. The predicted octanol–water partition coefficient (Wildman–Crippen LogP) is 2.99. The number of nitrogens with zero attached hydrogens (tertiary/aromatic N) is 1. The third-order valence-electron chi connectivity index (χ3n) is 4.98. The van der Waals surface area contributed by atoms with Gasteiger partial charge in [-0.3, -0.25) is 4.79 Å². The number of benzene rings is 1. The maximum absolute atomic E-state index is 12.5. The lowest BCUT2D eigenvalue weighted by molar-refractivity contribution is -0.132. The van der Waals surface area contributed by atoms with Crippen LogP contribution in [0.15, 0.2) is 24.3 Å². The van der Waals surface area contributed by atoms with Gasteiger partial charge in [0.15, 0.2) is 0 Å². The van der Waals surface area contributed by atoms with Crippen LogP contribution in [0.1, 0.15) is 19.3 Å². The number of nitrogens with one attached hydrogen (secondary N) is 1. The smallest absolute Gasteiger partial charge is 0.226 e. The van der Waals surface area contributed by atoms with Crippen molar-refractivity contribution in [1.82, 2.24) is 10.2 Å². The van der Waals surface area contributed by atoms with Crippen molar-refractivity contribution in [3.63, 3.8) is 0 Å². The standard InChI is InChI=1S/C17H23ClN2O2.ClH/c1-20(10-11-22-15-5-3-2-4-14(15)18)16(21)13-12-17(13)6-8-19-9-7-17;/h2-5,13,19H,6-12H2,1H3;1H. The van der Waals surface area contributed by atoms with Crippen LogP contribution in [0.5, 0.6) is 5.75 Å². The molecule has 1 unspecified atom stereocenters. The summed E-state index contributed by atoms with van der Waals surface area (Å²) in [6, 6.07) is 7.41. The molecule has 1 spiro atoms. The van der Waals surface area contributed by atoms with Gasteiger partial charge in [0.1, 0.15) is 12.4 Å². The first-order chi connectivity index (χ1) is 10.6. The molecule has 1 saturated carbocycles. The van der Waals surface area contributed by atoms with Crippen LogP contribution in [-0.2, 0) is 4.79 Å². The van der Waals surface area contributed by atoms with Crippen molar-refractivity contribution in [3.05, 3.63) is 29.3 Å². The van der Waals surface area contributed by atoms with Crippen LogP contribution in [0, 0.1) is 11.3 Å². The molecule has 1 amide bonds. The van der Waals surface area contributed by atoms with E-state index >= 15 is 0 Å². The van der Waals surface area contributed by atoms with E-state index in [1.165, 1.54) is 0 Å². The highest BCUT2D eigenvalue weighted by Gasteiger charge is 2.58. The Morgan fingerprint density at radius 3 is 2.78 bits per heavy atom. The molecule has 4 nitrogen and oxygen atoms in total. The summed E-state index contributed by atoms with van der Waals surface area (Å²) in [5.74, 6) is 1.16. The number of likely N-dealkylation sites (N-methyl/N-ethyl adjacent to an activating group) is 1. The SMILES string of the molecule is CN(CCOc1ccccc1Cl)C(=O)C1CC12CCNCC2.Cl.